The molecule has 2 aromatic carbocycles. The molecule has 4 nitrogen and oxygen atoms in total. The molecule has 3 rings (SSSR count). The molecule has 2 amide bonds. The Hall–Kier alpha value is -2.62. The van der Waals surface area contributed by atoms with E-state index in [2.05, 4.69) is 5.32 Å². The molecule has 0 bridgehead atoms. The lowest BCUT2D eigenvalue weighted by Crippen LogP contribution is -2.31. The summed E-state index contributed by atoms with van der Waals surface area (Å²) in [6.45, 7) is 0. The lowest BCUT2D eigenvalue weighted by atomic mass is 10.00. The number of nitrogens with zero attached hydrogens (tertiary/aromatic N) is 1. The Kier molecular flexibility index (Phi) is 2.99. The van der Waals surface area contributed by atoms with Crippen molar-refractivity contribution in [2.24, 2.45) is 0 Å². The number of nitrogens with one attached hydrogen (secondary N) is 1. The number of carbonyl (C=O) groups excluding carboxylic acids is 2. The number of hydrogen-bond donors (Lipinski definition) is 1. The molecule has 100 valence electrons. The Labute approximate surface area is 117 Å². The van der Waals surface area contributed by atoms with Crippen molar-refractivity contribution in [3.8, 4) is 0 Å². The molecule has 0 saturated heterocycles. The van der Waals surface area contributed by atoms with Crippen LogP contribution in [-0.2, 0) is 9.59 Å². The van der Waals surface area contributed by atoms with Gasteiger partial charge in [-0.15, -0.1) is 0 Å². The van der Waals surface area contributed by atoms with Crippen molar-refractivity contribution in [1.82, 2.24) is 0 Å². The van der Waals surface area contributed by atoms with Crippen molar-refractivity contribution in [3.63, 3.8) is 0 Å². The number of para-hydroxylation sites is 2. The van der Waals surface area contributed by atoms with Gasteiger partial charge in [0.05, 0.1) is 0 Å². The second kappa shape index (κ2) is 4.81. The van der Waals surface area contributed by atoms with Crippen LogP contribution in [0.1, 0.15) is 11.5 Å². The minimum absolute atomic E-state index is 0.195. The van der Waals surface area contributed by atoms with Gasteiger partial charge in [-0.25, -0.2) is 0 Å². The largest absolute Gasteiger partial charge is 0.325 e. The summed E-state index contributed by atoms with van der Waals surface area (Å²) in [5.41, 5.74) is 2.25. The molecule has 1 heterocycles. The lowest BCUT2D eigenvalue weighted by Gasteiger charge is -2.11. The Bertz CT molecular complexity index is 667. The highest BCUT2D eigenvalue weighted by molar-refractivity contribution is 6.20. The molecule has 1 unspecified atom stereocenters. The Balaban J connectivity index is 1.91. The number of amides is 2. The number of carbonyl (C=O) groups is 2. The maximum atomic E-state index is 12.4. The lowest BCUT2D eigenvalue weighted by molar-refractivity contribution is -0.126. The first kappa shape index (κ1) is 12.4. The van der Waals surface area contributed by atoms with Crippen LogP contribution in [-0.4, -0.2) is 18.9 Å². The van der Waals surface area contributed by atoms with Gasteiger partial charge in [0.1, 0.15) is 5.92 Å². The summed E-state index contributed by atoms with van der Waals surface area (Å²) in [6, 6.07) is 16.5. The van der Waals surface area contributed by atoms with Gasteiger partial charge >= 0.3 is 0 Å². The molecule has 0 aliphatic carbocycles. The van der Waals surface area contributed by atoms with Crippen molar-refractivity contribution in [3.05, 3.63) is 60.2 Å². The van der Waals surface area contributed by atoms with Gasteiger partial charge in [-0.3, -0.25) is 9.59 Å². The van der Waals surface area contributed by atoms with Crippen molar-refractivity contribution in [2.45, 2.75) is 5.92 Å². The molecular weight excluding hydrogens is 252 g/mol. The molecule has 20 heavy (non-hydrogen) atoms. The quantitative estimate of drug-likeness (QED) is 0.848. The fraction of sp³-hybridized carbons (Fsp3) is 0.125. The van der Waals surface area contributed by atoms with Crippen LogP contribution in [0.3, 0.4) is 0 Å². The highest BCUT2D eigenvalue weighted by Crippen LogP contribution is 2.36. The number of benzene rings is 2. The maximum absolute atomic E-state index is 12.4. The first-order valence-electron chi connectivity index (χ1n) is 6.41. The van der Waals surface area contributed by atoms with Crippen molar-refractivity contribution in [1.29, 1.82) is 0 Å². The van der Waals surface area contributed by atoms with E-state index in [4.69, 9.17) is 0 Å². The zero-order valence-electron chi connectivity index (χ0n) is 11.0. The summed E-state index contributed by atoms with van der Waals surface area (Å²) in [5, 5.41) is 2.79. The summed E-state index contributed by atoms with van der Waals surface area (Å²) in [7, 11) is 1.69. The minimum atomic E-state index is -0.767. The molecule has 0 saturated carbocycles. The minimum Gasteiger partial charge on any atom is -0.325 e. The predicted octanol–water partition coefficient (Wildman–Crippen LogP) is 2.39. The zero-order chi connectivity index (χ0) is 14.1. The number of fused-ring (bicyclic) bond motifs is 1. The topological polar surface area (TPSA) is 49.4 Å². The Morgan fingerprint density at radius 3 is 2.45 bits per heavy atom. The molecule has 0 aromatic heterocycles. The van der Waals surface area contributed by atoms with E-state index in [0.717, 1.165) is 11.3 Å². The van der Waals surface area contributed by atoms with Gasteiger partial charge in [0.15, 0.2) is 0 Å². The van der Waals surface area contributed by atoms with Crippen LogP contribution in [0.5, 0.6) is 0 Å². The van der Waals surface area contributed by atoms with E-state index in [-0.39, 0.29) is 11.8 Å². The summed E-state index contributed by atoms with van der Waals surface area (Å²) in [6.07, 6.45) is 0. The summed E-state index contributed by atoms with van der Waals surface area (Å²) < 4.78 is 0. The predicted molar refractivity (Wildman–Crippen MR) is 77.7 cm³/mol. The average Bonchev–Trinajstić information content (AvgIpc) is 2.72. The van der Waals surface area contributed by atoms with Crippen LogP contribution in [0.25, 0.3) is 0 Å². The van der Waals surface area contributed by atoms with Crippen LogP contribution in [0, 0.1) is 0 Å². The van der Waals surface area contributed by atoms with Crippen LogP contribution >= 0.6 is 0 Å². The van der Waals surface area contributed by atoms with Crippen molar-refractivity contribution in [2.75, 3.05) is 17.3 Å². The van der Waals surface area contributed by atoms with Gasteiger partial charge in [-0.2, -0.15) is 0 Å². The molecule has 1 aliphatic heterocycles. The third-order valence-electron chi connectivity index (χ3n) is 3.49. The molecule has 0 fully saturated rings. The third-order valence-corrected chi connectivity index (χ3v) is 3.49. The SMILES string of the molecule is CN1C(=O)C(C(=O)Nc2ccccc2)c2ccccc21. The normalized spacial score (nSPS) is 16.9. The van der Waals surface area contributed by atoms with Crippen LogP contribution in [0.2, 0.25) is 0 Å². The molecule has 1 aliphatic rings. The van der Waals surface area contributed by atoms with E-state index in [9.17, 15) is 9.59 Å². The molecule has 0 radical (unpaired) electrons. The van der Waals surface area contributed by atoms with Gasteiger partial charge in [0.2, 0.25) is 11.8 Å². The highest BCUT2D eigenvalue weighted by Gasteiger charge is 2.39. The summed E-state index contributed by atoms with van der Waals surface area (Å²) in [5.74, 6) is -1.26. The van der Waals surface area contributed by atoms with Crippen molar-refractivity contribution >= 4 is 23.2 Å². The number of anilines is 2. The van der Waals surface area contributed by atoms with E-state index < -0.39 is 5.92 Å². The van der Waals surface area contributed by atoms with E-state index in [0.29, 0.717) is 5.69 Å². The average molecular weight is 266 g/mol. The fourth-order valence-electron chi connectivity index (χ4n) is 2.47. The Morgan fingerprint density at radius 2 is 1.70 bits per heavy atom. The maximum Gasteiger partial charge on any atom is 0.243 e. The smallest absolute Gasteiger partial charge is 0.243 e. The van der Waals surface area contributed by atoms with Gasteiger partial charge in [-0.1, -0.05) is 36.4 Å². The Morgan fingerprint density at radius 1 is 1.05 bits per heavy atom. The fourth-order valence-corrected chi connectivity index (χ4v) is 2.47. The molecule has 4 heteroatoms. The number of rotatable bonds is 2. The molecular formula is C16H14N2O2. The van der Waals surface area contributed by atoms with Gasteiger partial charge < -0.3 is 10.2 Å². The molecule has 2 aromatic rings. The number of hydrogen-bond acceptors (Lipinski definition) is 2. The molecule has 1 atom stereocenters. The first-order chi connectivity index (χ1) is 9.68. The van der Waals surface area contributed by atoms with Crippen LogP contribution in [0.15, 0.2) is 54.6 Å². The van der Waals surface area contributed by atoms with Crippen LogP contribution in [0.4, 0.5) is 11.4 Å². The van der Waals surface area contributed by atoms with Gasteiger partial charge in [0, 0.05) is 18.4 Å². The van der Waals surface area contributed by atoms with E-state index in [1.807, 2.05) is 42.5 Å². The second-order valence-electron chi connectivity index (χ2n) is 4.74. The van der Waals surface area contributed by atoms with Gasteiger partial charge in [0.25, 0.3) is 0 Å². The monoisotopic (exact) mass is 266 g/mol. The van der Waals surface area contributed by atoms with E-state index >= 15 is 0 Å². The van der Waals surface area contributed by atoms with Gasteiger partial charge in [-0.05, 0) is 23.8 Å². The first-order valence-corrected chi connectivity index (χ1v) is 6.41. The van der Waals surface area contributed by atoms with E-state index in [1.54, 1.807) is 19.2 Å². The second-order valence-corrected chi connectivity index (χ2v) is 4.74. The standard InChI is InChI=1S/C16H14N2O2/c1-18-13-10-6-5-9-12(13)14(16(18)20)15(19)17-11-7-3-2-4-8-11/h2-10,14H,1H3,(H,17,19). The number of likely N-dealkylation sites (N-methyl/N-ethyl adjacent to an activating group) is 1. The molecule has 1 N–H and O–H groups in total. The summed E-state index contributed by atoms with van der Waals surface area (Å²) in [4.78, 5) is 26.2. The zero-order valence-corrected chi connectivity index (χ0v) is 11.0. The molecule has 0 spiro atoms. The summed E-state index contributed by atoms with van der Waals surface area (Å²) >= 11 is 0. The third kappa shape index (κ3) is 1.95. The van der Waals surface area contributed by atoms with Crippen LogP contribution < -0.4 is 10.2 Å². The highest BCUT2D eigenvalue weighted by atomic mass is 16.2. The van der Waals surface area contributed by atoms with E-state index in [1.165, 1.54) is 4.90 Å². The van der Waals surface area contributed by atoms with Crippen molar-refractivity contribution < 1.29 is 9.59 Å².